The second-order valence-corrected chi connectivity index (χ2v) is 4.57. The number of carbonyl (C=O) groups is 1. The normalized spacial score (nSPS) is 10.5. The summed E-state index contributed by atoms with van der Waals surface area (Å²) >= 11 is 0. The molecular formula is C16H13N3O2. The molecule has 21 heavy (non-hydrogen) atoms. The largest absolute Gasteiger partial charge is 0.357 e. The summed E-state index contributed by atoms with van der Waals surface area (Å²) in [6.07, 6.45) is 0. The third kappa shape index (κ3) is 2.29. The molecule has 0 amide bonds. The number of hydrogen-bond donors (Lipinski definition) is 0. The van der Waals surface area contributed by atoms with E-state index in [1.807, 2.05) is 48.5 Å². The van der Waals surface area contributed by atoms with Crippen molar-refractivity contribution in [2.45, 2.75) is 6.92 Å². The Morgan fingerprint density at radius 1 is 0.952 bits per heavy atom. The minimum Gasteiger partial charge on any atom is -0.274 e. The van der Waals surface area contributed by atoms with Crippen LogP contribution in [0.4, 0.5) is 0 Å². The van der Waals surface area contributed by atoms with Gasteiger partial charge in [-0.2, -0.15) is 4.68 Å². The molecule has 0 saturated carbocycles. The quantitative estimate of drug-likeness (QED) is 0.723. The standard InChI is InChI=1S/C16H13N3O2/c1-12(20)18-15(13-8-4-2-5-9-13)17-19(16(18)21)14-10-6-3-7-11-14/h2-11H,1H3. The lowest BCUT2D eigenvalue weighted by Crippen LogP contribution is -2.27. The van der Waals surface area contributed by atoms with E-state index in [9.17, 15) is 9.59 Å². The van der Waals surface area contributed by atoms with E-state index >= 15 is 0 Å². The molecule has 0 aliphatic heterocycles. The highest BCUT2D eigenvalue weighted by Crippen LogP contribution is 2.16. The maximum absolute atomic E-state index is 12.4. The molecule has 3 aromatic rings. The fourth-order valence-electron chi connectivity index (χ4n) is 2.16. The molecule has 0 spiro atoms. The van der Waals surface area contributed by atoms with Gasteiger partial charge in [-0.15, -0.1) is 5.10 Å². The summed E-state index contributed by atoms with van der Waals surface area (Å²) < 4.78 is 2.33. The number of aromatic nitrogens is 3. The van der Waals surface area contributed by atoms with Crippen LogP contribution in [-0.2, 0) is 0 Å². The molecule has 5 heteroatoms. The van der Waals surface area contributed by atoms with E-state index in [1.165, 1.54) is 11.6 Å². The van der Waals surface area contributed by atoms with Gasteiger partial charge < -0.3 is 0 Å². The summed E-state index contributed by atoms with van der Waals surface area (Å²) in [7, 11) is 0. The third-order valence-corrected chi connectivity index (χ3v) is 3.13. The fourth-order valence-corrected chi connectivity index (χ4v) is 2.16. The maximum atomic E-state index is 12.4. The lowest BCUT2D eigenvalue weighted by atomic mass is 10.2. The Labute approximate surface area is 121 Å². The number of benzene rings is 2. The first-order valence-electron chi connectivity index (χ1n) is 6.52. The van der Waals surface area contributed by atoms with Crippen molar-refractivity contribution in [1.82, 2.24) is 14.3 Å². The number of hydrogen-bond acceptors (Lipinski definition) is 3. The smallest absolute Gasteiger partial charge is 0.274 e. The van der Waals surface area contributed by atoms with E-state index in [4.69, 9.17) is 0 Å². The van der Waals surface area contributed by atoms with Gasteiger partial charge in [-0.3, -0.25) is 4.79 Å². The van der Waals surface area contributed by atoms with E-state index < -0.39 is 5.69 Å². The summed E-state index contributed by atoms with van der Waals surface area (Å²) in [4.78, 5) is 24.3. The SMILES string of the molecule is CC(=O)n1c(-c2ccccc2)nn(-c2ccccc2)c1=O. The van der Waals surface area contributed by atoms with Gasteiger partial charge in [0.15, 0.2) is 5.82 Å². The highest BCUT2D eigenvalue weighted by atomic mass is 16.2. The molecule has 5 nitrogen and oxygen atoms in total. The maximum Gasteiger partial charge on any atom is 0.357 e. The molecule has 1 heterocycles. The molecule has 104 valence electrons. The van der Waals surface area contributed by atoms with Crippen molar-refractivity contribution >= 4 is 5.91 Å². The van der Waals surface area contributed by atoms with Crippen LogP contribution in [0.1, 0.15) is 11.7 Å². The average Bonchev–Trinajstić information content (AvgIpc) is 2.87. The average molecular weight is 279 g/mol. The molecule has 2 aromatic carbocycles. The van der Waals surface area contributed by atoms with E-state index in [1.54, 1.807) is 12.1 Å². The van der Waals surface area contributed by atoms with Crippen LogP contribution in [0.15, 0.2) is 65.5 Å². The zero-order valence-corrected chi connectivity index (χ0v) is 11.4. The van der Waals surface area contributed by atoms with Crippen molar-refractivity contribution in [2.24, 2.45) is 0 Å². The van der Waals surface area contributed by atoms with E-state index in [0.717, 1.165) is 10.1 Å². The molecule has 0 atom stereocenters. The van der Waals surface area contributed by atoms with Crippen molar-refractivity contribution in [3.8, 4) is 17.1 Å². The monoisotopic (exact) mass is 279 g/mol. The van der Waals surface area contributed by atoms with Crippen molar-refractivity contribution < 1.29 is 4.79 Å². The topological polar surface area (TPSA) is 56.9 Å². The molecule has 0 aliphatic carbocycles. The Kier molecular flexibility index (Phi) is 3.23. The Bertz CT molecular complexity index is 833. The van der Waals surface area contributed by atoms with E-state index in [0.29, 0.717) is 11.5 Å². The molecule has 0 unspecified atom stereocenters. The van der Waals surface area contributed by atoms with Crippen LogP contribution in [-0.4, -0.2) is 20.3 Å². The van der Waals surface area contributed by atoms with Crippen LogP contribution in [0.25, 0.3) is 17.1 Å². The molecule has 0 radical (unpaired) electrons. The molecule has 0 bridgehead atoms. The number of rotatable bonds is 2. The zero-order chi connectivity index (χ0) is 14.8. The summed E-state index contributed by atoms with van der Waals surface area (Å²) in [5, 5.41) is 4.32. The Balaban J connectivity index is 2.27. The zero-order valence-electron chi connectivity index (χ0n) is 11.4. The second kappa shape index (κ2) is 5.20. The van der Waals surface area contributed by atoms with Gasteiger partial charge in [0.05, 0.1) is 5.69 Å². The van der Waals surface area contributed by atoms with Gasteiger partial charge in [0.2, 0.25) is 5.91 Å². The van der Waals surface area contributed by atoms with Crippen LogP contribution in [0.3, 0.4) is 0 Å². The van der Waals surface area contributed by atoms with Gasteiger partial charge in [0, 0.05) is 12.5 Å². The van der Waals surface area contributed by atoms with E-state index in [2.05, 4.69) is 5.10 Å². The Morgan fingerprint density at radius 3 is 2.10 bits per heavy atom. The number of para-hydroxylation sites is 1. The number of nitrogens with zero attached hydrogens (tertiary/aromatic N) is 3. The van der Waals surface area contributed by atoms with Crippen molar-refractivity contribution in [3.63, 3.8) is 0 Å². The summed E-state index contributed by atoms with van der Waals surface area (Å²) in [5.74, 6) is -0.0158. The second-order valence-electron chi connectivity index (χ2n) is 4.57. The Hall–Kier alpha value is -2.95. The predicted molar refractivity (Wildman–Crippen MR) is 79.6 cm³/mol. The Morgan fingerprint density at radius 2 is 1.52 bits per heavy atom. The van der Waals surface area contributed by atoms with Gasteiger partial charge in [0.1, 0.15) is 0 Å². The van der Waals surface area contributed by atoms with Crippen molar-refractivity contribution in [1.29, 1.82) is 0 Å². The summed E-state index contributed by atoms with van der Waals surface area (Å²) in [6.45, 7) is 1.35. The van der Waals surface area contributed by atoms with Crippen LogP contribution >= 0.6 is 0 Å². The highest BCUT2D eigenvalue weighted by Gasteiger charge is 2.18. The van der Waals surface area contributed by atoms with Gasteiger partial charge in [0.25, 0.3) is 0 Å². The molecule has 1 aromatic heterocycles. The molecule has 0 aliphatic rings. The predicted octanol–water partition coefficient (Wildman–Crippen LogP) is 2.36. The third-order valence-electron chi connectivity index (χ3n) is 3.13. The van der Waals surface area contributed by atoms with Gasteiger partial charge in [-0.1, -0.05) is 48.5 Å². The minimum atomic E-state index is -0.465. The molecule has 3 rings (SSSR count). The first-order valence-corrected chi connectivity index (χ1v) is 6.52. The molecule has 0 N–H and O–H groups in total. The highest BCUT2D eigenvalue weighted by molar-refractivity contribution is 5.80. The van der Waals surface area contributed by atoms with Gasteiger partial charge in [-0.25, -0.2) is 9.36 Å². The lowest BCUT2D eigenvalue weighted by molar-refractivity contribution is 0.0934. The summed E-state index contributed by atoms with van der Waals surface area (Å²) in [5.41, 5.74) is 0.881. The van der Waals surface area contributed by atoms with Gasteiger partial charge >= 0.3 is 5.69 Å². The van der Waals surface area contributed by atoms with Gasteiger partial charge in [-0.05, 0) is 12.1 Å². The van der Waals surface area contributed by atoms with Crippen LogP contribution in [0.2, 0.25) is 0 Å². The molecule has 0 saturated heterocycles. The van der Waals surface area contributed by atoms with Crippen LogP contribution in [0, 0.1) is 0 Å². The first-order chi connectivity index (χ1) is 10.2. The van der Waals surface area contributed by atoms with E-state index in [-0.39, 0.29) is 5.91 Å². The lowest BCUT2D eigenvalue weighted by Gasteiger charge is -1.99. The summed E-state index contributed by atoms with van der Waals surface area (Å²) in [6, 6.07) is 18.2. The molecular weight excluding hydrogens is 266 g/mol. The van der Waals surface area contributed by atoms with Crippen LogP contribution in [0.5, 0.6) is 0 Å². The number of carbonyl (C=O) groups excluding carboxylic acids is 1. The van der Waals surface area contributed by atoms with Crippen molar-refractivity contribution in [2.75, 3.05) is 0 Å². The fraction of sp³-hybridized carbons (Fsp3) is 0.0625. The first kappa shape index (κ1) is 13.1. The van der Waals surface area contributed by atoms with Crippen molar-refractivity contribution in [3.05, 3.63) is 71.1 Å². The molecule has 0 fully saturated rings. The minimum absolute atomic E-state index is 0.344. The van der Waals surface area contributed by atoms with Crippen LogP contribution < -0.4 is 5.69 Å².